The Morgan fingerprint density at radius 1 is 1.18 bits per heavy atom. The summed E-state index contributed by atoms with van der Waals surface area (Å²) in [6, 6.07) is 3.87. The lowest BCUT2D eigenvalue weighted by Crippen LogP contribution is -2.36. The maximum absolute atomic E-state index is 6.18. The number of halogens is 1. The summed E-state index contributed by atoms with van der Waals surface area (Å²) in [7, 11) is 0. The average molecular weight is 322 g/mol. The van der Waals surface area contributed by atoms with Gasteiger partial charge in [0.25, 0.3) is 0 Å². The fourth-order valence-electron chi connectivity index (χ4n) is 3.30. The molecular formula is C18H28ClN3. The minimum Gasteiger partial charge on any atom is -0.365 e. The summed E-state index contributed by atoms with van der Waals surface area (Å²) in [5, 5.41) is 4.45. The number of aryl methyl sites for hydroxylation is 1. The van der Waals surface area contributed by atoms with Gasteiger partial charge < -0.3 is 5.32 Å². The summed E-state index contributed by atoms with van der Waals surface area (Å²) >= 11 is 6.18. The second-order valence-corrected chi connectivity index (χ2v) is 8.42. The number of anilines is 1. The summed E-state index contributed by atoms with van der Waals surface area (Å²) in [5.74, 6) is 1.08. The summed E-state index contributed by atoms with van der Waals surface area (Å²) in [5.41, 5.74) is 2.31. The lowest BCUT2D eigenvalue weighted by molar-refractivity contribution is 0.302. The third kappa shape index (κ3) is 4.16. The van der Waals surface area contributed by atoms with Crippen molar-refractivity contribution in [1.29, 1.82) is 0 Å². The molecule has 0 fully saturated rings. The molecule has 122 valence electrons. The molecule has 0 radical (unpaired) electrons. The number of fused-ring (bicyclic) bond motifs is 1. The third-order valence-electron chi connectivity index (χ3n) is 3.57. The Balaban J connectivity index is 2.43. The molecule has 4 heteroatoms. The van der Waals surface area contributed by atoms with Crippen LogP contribution in [0, 0.1) is 5.41 Å². The molecule has 2 aromatic heterocycles. The van der Waals surface area contributed by atoms with E-state index in [-0.39, 0.29) is 11.0 Å². The minimum atomic E-state index is -0.0149. The van der Waals surface area contributed by atoms with E-state index in [4.69, 9.17) is 16.6 Å². The molecular weight excluding hydrogens is 294 g/mol. The summed E-state index contributed by atoms with van der Waals surface area (Å²) in [6.07, 6.45) is 5.05. The fraction of sp³-hybridized carbons (Fsp3) is 0.611. The van der Waals surface area contributed by atoms with Crippen LogP contribution >= 0.6 is 11.6 Å². The first-order valence-corrected chi connectivity index (χ1v) is 8.44. The van der Waals surface area contributed by atoms with Crippen molar-refractivity contribution in [2.24, 2.45) is 5.41 Å². The first kappa shape index (κ1) is 17.1. The Morgan fingerprint density at radius 3 is 2.45 bits per heavy atom. The van der Waals surface area contributed by atoms with E-state index < -0.39 is 0 Å². The van der Waals surface area contributed by atoms with Crippen LogP contribution in [0.3, 0.4) is 0 Å². The molecule has 0 unspecified atom stereocenters. The number of nitrogens with one attached hydrogen (secondary N) is 1. The highest BCUT2D eigenvalue weighted by Gasteiger charge is 2.27. The first-order chi connectivity index (χ1) is 10.1. The highest BCUT2D eigenvalue weighted by molar-refractivity contribution is 6.30. The number of imidazole rings is 1. The van der Waals surface area contributed by atoms with Crippen molar-refractivity contribution >= 4 is 23.1 Å². The van der Waals surface area contributed by atoms with E-state index in [1.165, 1.54) is 0 Å². The molecule has 0 aliphatic heterocycles. The molecule has 0 atom stereocenters. The number of nitrogens with zero attached hydrogens (tertiary/aromatic N) is 2. The third-order valence-corrected chi connectivity index (χ3v) is 3.79. The van der Waals surface area contributed by atoms with Crippen molar-refractivity contribution in [3.8, 4) is 0 Å². The maximum atomic E-state index is 6.18. The number of hydrogen-bond acceptors (Lipinski definition) is 2. The smallest absolute Gasteiger partial charge is 0.138 e. The Hall–Kier alpha value is -1.22. The van der Waals surface area contributed by atoms with Gasteiger partial charge in [0, 0.05) is 11.7 Å². The van der Waals surface area contributed by atoms with E-state index in [1.54, 1.807) is 0 Å². The number of aromatic nitrogens is 2. The van der Waals surface area contributed by atoms with E-state index in [0.717, 1.165) is 41.4 Å². The molecule has 0 bridgehead atoms. The van der Waals surface area contributed by atoms with Gasteiger partial charge in [0.1, 0.15) is 11.5 Å². The SMILES string of the molecule is CCCc1nc2ccc(Cl)cn2c1NC(C)(C)CC(C)(C)C. The molecule has 0 saturated heterocycles. The van der Waals surface area contributed by atoms with Gasteiger partial charge in [-0.3, -0.25) is 4.40 Å². The van der Waals surface area contributed by atoms with E-state index in [1.807, 2.05) is 18.3 Å². The Morgan fingerprint density at radius 2 is 1.86 bits per heavy atom. The van der Waals surface area contributed by atoms with Crippen LogP contribution in [0.2, 0.25) is 5.02 Å². The van der Waals surface area contributed by atoms with Crippen molar-refractivity contribution < 1.29 is 0 Å². The van der Waals surface area contributed by atoms with Crippen LogP contribution < -0.4 is 5.32 Å². The zero-order chi connectivity index (χ0) is 16.5. The van der Waals surface area contributed by atoms with Crippen molar-refractivity contribution in [1.82, 2.24) is 9.38 Å². The Labute approximate surface area is 139 Å². The Kier molecular flexibility index (Phi) is 4.76. The lowest BCUT2D eigenvalue weighted by Gasteiger charge is -2.34. The molecule has 0 aliphatic carbocycles. The van der Waals surface area contributed by atoms with Crippen molar-refractivity contribution in [3.63, 3.8) is 0 Å². The van der Waals surface area contributed by atoms with Crippen LogP contribution in [0.4, 0.5) is 5.82 Å². The summed E-state index contributed by atoms with van der Waals surface area (Å²) in [6.45, 7) is 13.5. The summed E-state index contributed by atoms with van der Waals surface area (Å²) < 4.78 is 2.08. The quantitative estimate of drug-likeness (QED) is 0.780. The van der Waals surface area contributed by atoms with E-state index in [2.05, 4.69) is 51.3 Å². The van der Waals surface area contributed by atoms with Crippen molar-refractivity contribution in [3.05, 3.63) is 29.0 Å². The molecule has 2 heterocycles. The topological polar surface area (TPSA) is 29.3 Å². The summed E-state index contributed by atoms with van der Waals surface area (Å²) in [4.78, 5) is 4.77. The average Bonchev–Trinajstić information content (AvgIpc) is 2.64. The zero-order valence-electron chi connectivity index (χ0n) is 14.6. The second-order valence-electron chi connectivity index (χ2n) is 7.98. The van der Waals surface area contributed by atoms with Crippen LogP contribution in [-0.4, -0.2) is 14.9 Å². The molecule has 0 aliphatic rings. The van der Waals surface area contributed by atoms with Crippen LogP contribution in [0.15, 0.2) is 18.3 Å². The van der Waals surface area contributed by atoms with E-state index in [0.29, 0.717) is 0 Å². The first-order valence-electron chi connectivity index (χ1n) is 8.06. The van der Waals surface area contributed by atoms with Gasteiger partial charge >= 0.3 is 0 Å². The van der Waals surface area contributed by atoms with E-state index in [9.17, 15) is 0 Å². The number of pyridine rings is 1. The predicted molar refractivity (Wildman–Crippen MR) is 96.0 cm³/mol. The molecule has 1 N–H and O–H groups in total. The molecule has 0 saturated carbocycles. The zero-order valence-corrected chi connectivity index (χ0v) is 15.4. The predicted octanol–water partition coefficient (Wildman–Crippen LogP) is 5.57. The molecule has 3 nitrogen and oxygen atoms in total. The van der Waals surface area contributed by atoms with Crippen LogP contribution in [0.25, 0.3) is 5.65 Å². The molecule has 0 amide bonds. The van der Waals surface area contributed by atoms with Gasteiger partial charge in [-0.25, -0.2) is 4.98 Å². The molecule has 0 spiro atoms. The number of hydrogen-bond donors (Lipinski definition) is 1. The second kappa shape index (κ2) is 6.11. The highest BCUT2D eigenvalue weighted by Crippen LogP contribution is 2.31. The van der Waals surface area contributed by atoms with Crippen molar-refractivity contribution in [2.45, 2.75) is 66.3 Å². The maximum Gasteiger partial charge on any atom is 0.138 e. The van der Waals surface area contributed by atoms with Gasteiger partial charge in [-0.2, -0.15) is 0 Å². The molecule has 0 aromatic carbocycles. The highest BCUT2D eigenvalue weighted by atomic mass is 35.5. The molecule has 2 aromatic rings. The van der Waals surface area contributed by atoms with Gasteiger partial charge in [0.2, 0.25) is 0 Å². The van der Waals surface area contributed by atoms with Crippen LogP contribution in [0.5, 0.6) is 0 Å². The van der Waals surface area contributed by atoms with Crippen LogP contribution in [-0.2, 0) is 6.42 Å². The normalized spacial score (nSPS) is 12.9. The van der Waals surface area contributed by atoms with Gasteiger partial charge in [-0.1, -0.05) is 45.7 Å². The van der Waals surface area contributed by atoms with Crippen molar-refractivity contribution in [2.75, 3.05) is 5.32 Å². The largest absolute Gasteiger partial charge is 0.365 e. The van der Waals surface area contributed by atoms with Gasteiger partial charge in [0.05, 0.1) is 10.7 Å². The minimum absolute atomic E-state index is 0.0149. The van der Waals surface area contributed by atoms with E-state index >= 15 is 0 Å². The van der Waals surface area contributed by atoms with Crippen LogP contribution in [0.1, 0.15) is 60.1 Å². The lowest BCUT2D eigenvalue weighted by atomic mass is 9.82. The Bertz CT molecular complexity index is 650. The standard InChI is InChI=1S/C18H28ClN3/c1-7-8-14-16(21-18(5,6)12-17(2,3)4)22-11-13(19)9-10-15(22)20-14/h9-11,21H,7-8,12H2,1-6H3. The van der Waals surface area contributed by atoms with Gasteiger partial charge in [0.15, 0.2) is 0 Å². The molecule has 2 rings (SSSR count). The monoisotopic (exact) mass is 321 g/mol. The molecule has 22 heavy (non-hydrogen) atoms. The fourth-order valence-corrected chi connectivity index (χ4v) is 3.46. The number of rotatable bonds is 5. The van der Waals surface area contributed by atoms with Gasteiger partial charge in [-0.15, -0.1) is 0 Å². The van der Waals surface area contributed by atoms with Gasteiger partial charge in [-0.05, 0) is 44.2 Å².